The first-order valence-electron chi connectivity index (χ1n) is 10.6. The minimum Gasteiger partial charge on any atom is -0.493 e. The fraction of sp³-hybridized carbons (Fsp3) is 0.609. The average Bonchev–Trinajstić information content (AvgIpc) is 3.05. The van der Waals surface area contributed by atoms with Gasteiger partial charge < -0.3 is 24.4 Å². The quantitative estimate of drug-likeness (QED) is 0.477. The summed E-state index contributed by atoms with van der Waals surface area (Å²) >= 11 is 0. The predicted molar refractivity (Wildman–Crippen MR) is 109 cm³/mol. The Bertz CT molecular complexity index is 694. The summed E-state index contributed by atoms with van der Waals surface area (Å²) in [6.45, 7) is 3.21. The first kappa shape index (κ1) is 21.7. The molecule has 1 saturated heterocycles. The summed E-state index contributed by atoms with van der Waals surface area (Å²) in [6.07, 6.45) is 5.90. The Morgan fingerprint density at radius 2 is 2.14 bits per heavy atom. The molecule has 2 fully saturated rings. The number of allylic oxidation sites excluding steroid dienone is 1. The van der Waals surface area contributed by atoms with Crippen molar-refractivity contribution in [3.8, 4) is 5.75 Å². The van der Waals surface area contributed by atoms with Crippen LogP contribution in [0, 0.1) is 18.8 Å². The molecular formula is C23H32O6. The molecule has 2 N–H and O–H groups in total. The summed E-state index contributed by atoms with van der Waals surface area (Å²) in [5.74, 6) is 0.242. The number of carboxylic acids is 1. The molecule has 0 bridgehead atoms. The molecule has 1 aliphatic heterocycles. The Hall–Kier alpha value is -2.05. The van der Waals surface area contributed by atoms with Crippen LogP contribution < -0.4 is 4.74 Å². The van der Waals surface area contributed by atoms with Crippen molar-refractivity contribution in [3.05, 3.63) is 41.7 Å². The molecule has 2 aliphatic rings. The van der Waals surface area contributed by atoms with Gasteiger partial charge >= 0.3 is 5.97 Å². The molecular weight excluding hydrogens is 372 g/mol. The summed E-state index contributed by atoms with van der Waals surface area (Å²) in [6, 6.07) is 7.91. The predicted octanol–water partition coefficient (Wildman–Crippen LogP) is 4.05. The topological polar surface area (TPSA) is 85.2 Å². The second-order valence-corrected chi connectivity index (χ2v) is 7.99. The van der Waals surface area contributed by atoms with Gasteiger partial charge in [0.2, 0.25) is 0 Å². The highest BCUT2D eigenvalue weighted by Crippen LogP contribution is 2.40. The van der Waals surface area contributed by atoms with Crippen LogP contribution >= 0.6 is 0 Å². The summed E-state index contributed by atoms with van der Waals surface area (Å²) in [4.78, 5) is 11.3. The van der Waals surface area contributed by atoms with Gasteiger partial charge in [-0.3, -0.25) is 4.79 Å². The number of ether oxygens (including phenoxy) is 3. The van der Waals surface area contributed by atoms with Crippen LogP contribution in [0.5, 0.6) is 5.75 Å². The molecule has 1 aromatic carbocycles. The van der Waals surface area contributed by atoms with E-state index < -0.39 is 12.1 Å². The van der Waals surface area contributed by atoms with Crippen molar-refractivity contribution < 1.29 is 29.2 Å². The van der Waals surface area contributed by atoms with Gasteiger partial charge in [0, 0.05) is 24.7 Å². The zero-order valence-electron chi connectivity index (χ0n) is 17.1. The fourth-order valence-electron chi connectivity index (χ4n) is 4.21. The lowest BCUT2D eigenvalue weighted by atomic mass is 9.89. The number of aliphatic hydroxyl groups is 1. The molecule has 29 heavy (non-hydrogen) atoms. The minimum absolute atomic E-state index is 0.0577. The van der Waals surface area contributed by atoms with E-state index in [1.54, 1.807) is 0 Å². The van der Waals surface area contributed by atoms with Crippen molar-refractivity contribution in [2.45, 2.75) is 64.3 Å². The van der Waals surface area contributed by atoms with E-state index in [9.17, 15) is 15.0 Å². The van der Waals surface area contributed by atoms with Gasteiger partial charge in [-0.05, 0) is 56.4 Å². The zero-order chi connectivity index (χ0) is 20.6. The zero-order valence-corrected chi connectivity index (χ0v) is 17.1. The van der Waals surface area contributed by atoms with Crippen LogP contribution in [0.1, 0.15) is 50.5 Å². The lowest BCUT2D eigenvalue weighted by Gasteiger charge is -2.29. The van der Waals surface area contributed by atoms with Crippen molar-refractivity contribution in [2.75, 3.05) is 13.2 Å². The highest BCUT2D eigenvalue weighted by atomic mass is 16.7. The molecule has 1 heterocycles. The van der Waals surface area contributed by atoms with E-state index in [2.05, 4.69) is 0 Å². The van der Waals surface area contributed by atoms with Crippen LogP contribution in [0.15, 0.2) is 36.1 Å². The summed E-state index contributed by atoms with van der Waals surface area (Å²) in [7, 11) is 0. The smallest absolute Gasteiger partial charge is 0.303 e. The third-order valence-corrected chi connectivity index (χ3v) is 5.69. The fourth-order valence-corrected chi connectivity index (χ4v) is 4.21. The maximum atomic E-state index is 11.3. The first-order chi connectivity index (χ1) is 14.0. The van der Waals surface area contributed by atoms with Crippen LogP contribution in [-0.4, -0.2) is 41.8 Å². The number of benzene rings is 1. The molecule has 0 aromatic heterocycles. The minimum atomic E-state index is -0.892. The summed E-state index contributed by atoms with van der Waals surface area (Å²) in [5.41, 5.74) is 1.15. The van der Waals surface area contributed by atoms with E-state index in [-0.39, 0.29) is 24.5 Å². The van der Waals surface area contributed by atoms with Gasteiger partial charge in [-0.2, -0.15) is 0 Å². The van der Waals surface area contributed by atoms with Crippen LogP contribution in [0.25, 0.3) is 0 Å². The third kappa shape index (κ3) is 6.47. The maximum absolute atomic E-state index is 11.3. The van der Waals surface area contributed by atoms with Gasteiger partial charge in [0.15, 0.2) is 6.29 Å². The maximum Gasteiger partial charge on any atom is 0.303 e. The van der Waals surface area contributed by atoms with Gasteiger partial charge in [0.1, 0.15) is 5.75 Å². The van der Waals surface area contributed by atoms with Gasteiger partial charge in [0.25, 0.3) is 0 Å². The number of hydrogen-bond acceptors (Lipinski definition) is 5. The second kappa shape index (κ2) is 10.6. The monoisotopic (exact) mass is 404 g/mol. The van der Waals surface area contributed by atoms with Gasteiger partial charge in [-0.1, -0.05) is 12.1 Å². The standard InChI is InChI=1S/C23H32O6/c1-16-6-4-7-17(14-16)27-13-5-8-21(29-23-9-2-3-12-28-23)18-10-11-20(24)19(18)15-22(25)26/h4,6-8,14,18-20,23-24H,2-3,5,9-13,15H2,1H3,(H,25,26)/t18-,19+,20-,23?/m0/s1. The van der Waals surface area contributed by atoms with Crippen molar-refractivity contribution in [1.29, 1.82) is 0 Å². The number of hydrogen-bond donors (Lipinski definition) is 2. The van der Waals surface area contributed by atoms with Crippen molar-refractivity contribution in [1.82, 2.24) is 0 Å². The van der Waals surface area contributed by atoms with Gasteiger partial charge in [0.05, 0.1) is 31.5 Å². The van der Waals surface area contributed by atoms with Crippen LogP contribution in [0.3, 0.4) is 0 Å². The van der Waals surface area contributed by atoms with Crippen LogP contribution in [0.4, 0.5) is 0 Å². The van der Waals surface area contributed by atoms with Crippen molar-refractivity contribution >= 4 is 5.97 Å². The normalized spacial score (nSPS) is 27.6. The van der Waals surface area contributed by atoms with Crippen molar-refractivity contribution in [2.24, 2.45) is 11.8 Å². The SMILES string of the molecule is Cc1cccc(OCCC=C(OC2CCCCO2)[C@H]2CC[C@H](O)[C@@H]2CC(=O)O)c1. The van der Waals surface area contributed by atoms with Crippen LogP contribution in [-0.2, 0) is 14.3 Å². The number of aryl methyl sites for hydroxylation is 1. The highest BCUT2D eigenvalue weighted by molar-refractivity contribution is 5.67. The molecule has 1 unspecified atom stereocenters. The van der Waals surface area contributed by atoms with E-state index in [0.717, 1.165) is 42.8 Å². The molecule has 0 amide bonds. The lowest BCUT2D eigenvalue weighted by molar-refractivity contribution is -0.147. The first-order valence-corrected chi connectivity index (χ1v) is 10.6. The Balaban J connectivity index is 1.66. The van der Waals surface area contributed by atoms with Gasteiger partial charge in [-0.15, -0.1) is 0 Å². The highest BCUT2D eigenvalue weighted by Gasteiger charge is 2.40. The number of rotatable bonds is 9. The third-order valence-electron chi connectivity index (χ3n) is 5.69. The van der Waals surface area contributed by atoms with E-state index >= 15 is 0 Å². The number of aliphatic carboxylic acids is 1. The Morgan fingerprint density at radius 3 is 2.86 bits per heavy atom. The molecule has 0 spiro atoms. The summed E-state index contributed by atoms with van der Waals surface area (Å²) in [5, 5.41) is 19.6. The van der Waals surface area contributed by atoms with Crippen molar-refractivity contribution in [3.63, 3.8) is 0 Å². The molecule has 4 atom stereocenters. The molecule has 3 rings (SSSR count). The molecule has 0 radical (unpaired) electrons. The summed E-state index contributed by atoms with van der Waals surface area (Å²) < 4.78 is 17.7. The number of carbonyl (C=O) groups is 1. The molecule has 1 saturated carbocycles. The molecule has 6 nitrogen and oxygen atoms in total. The number of aliphatic hydroxyl groups excluding tert-OH is 1. The largest absolute Gasteiger partial charge is 0.493 e. The van der Waals surface area contributed by atoms with E-state index in [1.807, 2.05) is 37.3 Å². The van der Waals surface area contributed by atoms with Crippen LogP contribution in [0.2, 0.25) is 0 Å². The van der Waals surface area contributed by atoms with Gasteiger partial charge in [-0.25, -0.2) is 0 Å². The van der Waals surface area contributed by atoms with E-state index in [4.69, 9.17) is 14.2 Å². The Labute approximate surface area is 172 Å². The number of carboxylic acid groups (broad SMARTS) is 1. The Morgan fingerprint density at radius 1 is 1.28 bits per heavy atom. The molecule has 6 heteroatoms. The molecule has 160 valence electrons. The average molecular weight is 405 g/mol. The molecule has 1 aliphatic carbocycles. The van der Waals surface area contributed by atoms with E-state index in [0.29, 0.717) is 26.1 Å². The van der Waals surface area contributed by atoms with E-state index in [1.165, 1.54) is 0 Å². The lowest BCUT2D eigenvalue weighted by Crippen LogP contribution is -2.28. The Kier molecular flexibility index (Phi) is 7.95. The second-order valence-electron chi connectivity index (χ2n) is 7.99. The molecule has 1 aromatic rings.